The standard InChI is InChI=1S/C19H31NO/c1-5-7-8-9-10-17(20-6-2)15-11-12-18-16(13-15)19(3,4)14-21-18/h11-13,17,20H,5-10,14H2,1-4H3. The molecule has 0 amide bonds. The van der Waals surface area contributed by atoms with Crippen molar-refractivity contribution in [1.29, 1.82) is 0 Å². The van der Waals surface area contributed by atoms with Gasteiger partial charge in [-0.05, 0) is 30.7 Å². The predicted octanol–water partition coefficient (Wildman–Crippen LogP) is 4.98. The van der Waals surface area contributed by atoms with Gasteiger partial charge in [0.25, 0.3) is 0 Å². The van der Waals surface area contributed by atoms with Gasteiger partial charge in [-0.2, -0.15) is 0 Å². The first-order valence-corrected chi connectivity index (χ1v) is 8.59. The van der Waals surface area contributed by atoms with Crippen LogP contribution >= 0.6 is 0 Å². The smallest absolute Gasteiger partial charge is 0.123 e. The maximum atomic E-state index is 5.80. The van der Waals surface area contributed by atoms with E-state index in [4.69, 9.17) is 4.74 Å². The predicted molar refractivity (Wildman–Crippen MR) is 90.1 cm³/mol. The van der Waals surface area contributed by atoms with Gasteiger partial charge in [0.05, 0.1) is 6.61 Å². The molecule has 0 saturated heterocycles. The zero-order valence-corrected chi connectivity index (χ0v) is 14.2. The molecule has 1 N–H and O–H groups in total. The van der Waals surface area contributed by atoms with Crippen molar-refractivity contribution in [1.82, 2.24) is 5.32 Å². The van der Waals surface area contributed by atoms with Gasteiger partial charge in [0.15, 0.2) is 0 Å². The molecule has 1 heterocycles. The summed E-state index contributed by atoms with van der Waals surface area (Å²) in [5.74, 6) is 1.07. The summed E-state index contributed by atoms with van der Waals surface area (Å²) in [6.45, 7) is 10.8. The number of unbranched alkanes of at least 4 members (excludes halogenated alkanes) is 3. The van der Waals surface area contributed by atoms with E-state index in [0.29, 0.717) is 6.04 Å². The maximum Gasteiger partial charge on any atom is 0.123 e. The summed E-state index contributed by atoms with van der Waals surface area (Å²) < 4.78 is 5.80. The number of hydrogen-bond acceptors (Lipinski definition) is 2. The normalized spacial score (nSPS) is 17.3. The van der Waals surface area contributed by atoms with Crippen molar-refractivity contribution in [2.24, 2.45) is 0 Å². The molecule has 0 aliphatic carbocycles. The van der Waals surface area contributed by atoms with Crippen LogP contribution in [-0.4, -0.2) is 13.2 Å². The Balaban J connectivity index is 2.10. The fraction of sp³-hybridized carbons (Fsp3) is 0.684. The Bertz CT molecular complexity index is 453. The minimum atomic E-state index is 0.143. The van der Waals surface area contributed by atoms with E-state index in [9.17, 15) is 0 Å². The van der Waals surface area contributed by atoms with Gasteiger partial charge >= 0.3 is 0 Å². The van der Waals surface area contributed by atoms with E-state index in [1.807, 2.05) is 0 Å². The van der Waals surface area contributed by atoms with E-state index in [1.165, 1.54) is 43.2 Å². The van der Waals surface area contributed by atoms with Crippen molar-refractivity contribution in [3.8, 4) is 5.75 Å². The first kappa shape index (κ1) is 16.4. The first-order chi connectivity index (χ1) is 10.1. The molecule has 1 aliphatic rings. The lowest BCUT2D eigenvalue weighted by Crippen LogP contribution is -2.22. The van der Waals surface area contributed by atoms with Gasteiger partial charge in [-0.25, -0.2) is 0 Å². The van der Waals surface area contributed by atoms with Crippen LogP contribution in [0, 0.1) is 0 Å². The summed E-state index contributed by atoms with van der Waals surface area (Å²) in [6.07, 6.45) is 6.54. The third-order valence-electron chi connectivity index (χ3n) is 4.52. The molecule has 1 aromatic rings. The number of rotatable bonds is 8. The van der Waals surface area contributed by atoms with E-state index >= 15 is 0 Å². The Morgan fingerprint density at radius 1 is 1.19 bits per heavy atom. The highest BCUT2D eigenvalue weighted by Gasteiger charge is 2.32. The maximum absolute atomic E-state index is 5.80. The quantitative estimate of drug-likeness (QED) is 0.682. The molecule has 1 aromatic carbocycles. The Morgan fingerprint density at radius 2 is 2.00 bits per heavy atom. The van der Waals surface area contributed by atoms with Gasteiger partial charge in [0, 0.05) is 17.0 Å². The van der Waals surface area contributed by atoms with Crippen LogP contribution in [0.25, 0.3) is 0 Å². The van der Waals surface area contributed by atoms with Crippen molar-refractivity contribution in [2.45, 2.75) is 71.3 Å². The summed E-state index contributed by atoms with van der Waals surface area (Å²) in [7, 11) is 0. The average Bonchev–Trinajstić information content (AvgIpc) is 2.78. The van der Waals surface area contributed by atoms with E-state index in [0.717, 1.165) is 18.9 Å². The summed E-state index contributed by atoms with van der Waals surface area (Å²) in [5.41, 5.74) is 2.94. The van der Waals surface area contributed by atoms with Crippen LogP contribution in [0.5, 0.6) is 5.75 Å². The van der Waals surface area contributed by atoms with Crippen molar-refractivity contribution in [3.63, 3.8) is 0 Å². The molecule has 0 aromatic heterocycles. The van der Waals surface area contributed by atoms with Gasteiger partial charge in [0.1, 0.15) is 5.75 Å². The Morgan fingerprint density at radius 3 is 2.71 bits per heavy atom. The zero-order valence-electron chi connectivity index (χ0n) is 14.2. The summed E-state index contributed by atoms with van der Waals surface area (Å²) in [6, 6.07) is 7.26. The monoisotopic (exact) mass is 289 g/mol. The third kappa shape index (κ3) is 4.00. The summed E-state index contributed by atoms with van der Waals surface area (Å²) >= 11 is 0. The van der Waals surface area contributed by atoms with E-state index in [-0.39, 0.29) is 5.41 Å². The molecule has 2 nitrogen and oxygen atoms in total. The Labute approximate surface area is 130 Å². The van der Waals surface area contributed by atoms with Crippen LogP contribution in [0.3, 0.4) is 0 Å². The molecule has 2 heteroatoms. The van der Waals surface area contributed by atoms with Crippen LogP contribution in [0.2, 0.25) is 0 Å². The second-order valence-corrected chi connectivity index (χ2v) is 6.89. The highest BCUT2D eigenvalue weighted by Crippen LogP contribution is 2.40. The average molecular weight is 289 g/mol. The van der Waals surface area contributed by atoms with Crippen molar-refractivity contribution in [3.05, 3.63) is 29.3 Å². The van der Waals surface area contributed by atoms with Crippen molar-refractivity contribution >= 4 is 0 Å². The minimum absolute atomic E-state index is 0.143. The largest absolute Gasteiger partial charge is 0.492 e. The fourth-order valence-corrected chi connectivity index (χ4v) is 3.16. The lowest BCUT2D eigenvalue weighted by atomic mass is 9.85. The Hall–Kier alpha value is -1.02. The molecule has 1 unspecified atom stereocenters. The highest BCUT2D eigenvalue weighted by atomic mass is 16.5. The molecule has 0 saturated carbocycles. The van der Waals surface area contributed by atoms with Crippen molar-refractivity contribution < 1.29 is 4.74 Å². The summed E-state index contributed by atoms with van der Waals surface area (Å²) in [5, 5.41) is 3.65. The van der Waals surface area contributed by atoms with Crippen LogP contribution < -0.4 is 10.1 Å². The van der Waals surface area contributed by atoms with Crippen LogP contribution in [0.1, 0.15) is 77.0 Å². The second-order valence-electron chi connectivity index (χ2n) is 6.89. The van der Waals surface area contributed by atoms with Gasteiger partial charge in [-0.15, -0.1) is 0 Å². The van der Waals surface area contributed by atoms with Crippen LogP contribution in [-0.2, 0) is 5.41 Å². The van der Waals surface area contributed by atoms with Gasteiger partial charge < -0.3 is 10.1 Å². The van der Waals surface area contributed by atoms with Gasteiger partial charge in [-0.1, -0.05) is 59.4 Å². The lowest BCUT2D eigenvalue weighted by Gasteiger charge is -2.21. The zero-order chi connectivity index (χ0) is 15.3. The van der Waals surface area contributed by atoms with Crippen LogP contribution in [0.15, 0.2) is 18.2 Å². The molecule has 0 radical (unpaired) electrons. The SMILES string of the molecule is CCCCCCC(NCC)c1ccc2c(c1)C(C)(C)CO2. The molecule has 2 rings (SSSR count). The fourth-order valence-electron chi connectivity index (χ4n) is 3.16. The molecule has 118 valence electrons. The topological polar surface area (TPSA) is 21.3 Å². The summed E-state index contributed by atoms with van der Waals surface area (Å²) in [4.78, 5) is 0. The van der Waals surface area contributed by atoms with E-state index in [1.54, 1.807) is 0 Å². The molecule has 0 fully saturated rings. The number of ether oxygens (including phenoxy) is 1. The number of benzene rings is 1. The molecule has 21 heavy (non-hydrogen) atoms. The first-order valence-electron chi connectivity index (χ1n) is 8.59. The molecular formula is C19H31NO. The Kier molecular flexibility index (Phi) is 5.69. The number of fused-ring (bicyclic) bond motifs is 1. The second kappa shape index (κ2) is 7.31. The van der Waals surface area contributed by atoms with Crippen molar-refractivity contribution in [2.75, 3.05) is 13.2 Å². The van der Waals surface area contributed by atoms with Gasteiger partial charge in [-0.3, -0.25) is 0 Å². The molecular weight excluding hydrogens is 258 g/mol. The van der Waals surface area contributed by atoms with Gasteiger partial charge in [0.2, 0.25) is 0 Å². The molecule has 0 bridgehead atoms. The molecule has 1 atom stereocenters. The lowest BCUT2D eigenvalue weighted by molar-refractivity contribution is 0.291. The molecule has 0 spiro atoms. The highest BCUT2D eigenvalue weighted by molar-refractivity contribution is 5.45. The number of nitrogens with one attached hydrogen (secondary N) is 1. The van der Waals surface area contributed by atoms with Crippen LogP contribution in [0.4, 0.5) is 0 Å². The van der Waals surface area contributed by atoms with E-state index in [2.05, 4.69) is 51.2 Å². The van der Waals surface area contributed by atoms with E-state index < -0.39 is 0 Å². The molecule has 1 aliphatic heterocycles. The third-order valence-corrected chi connectivity index (χ3v) is 4.52. The minimum Gasteiger partial charge on any atom is -0.492 e. The number of hydrogen-bond donors (Lipinski definition) is 1.